The van der Waals surface area contributed by atoms with Gasteiger partial charge in [-0.2, -0.15) is 0 Å². The second kappa shape index (κ2) is 6.30. The summed E-state index contributed by atoms with van der Waals surface area (Å²) >= 11 is 0. The van der Waals surface area contributed by atoms with Crippen molar-refractivity contribution in [3.05, 3.63) is 74.3 Å². The lowest BCUT2D eigenvalue weighted by atomic mass is 9.83. The molecular weight excluding hydrogens is 372 g/mol. The summed E-state index contributed by atoms with van der Waals surface area (Å²) in [6.07, 6.45) is 0.885. The minimum atomic E-state index is -0.629. The van der Waals surface area contributed by atoms with Gasteiger partial charge < -0.3 is 14.0 Å². The number of rotatable bonds is 2. The van der Waals surface area contributed by atoms with E-state index in [4.69, 9.17) is 0 Å². The Hall–Kier alpha value is -3.42. The quantitative estimate of drug-likeness (QED) is 0.495. The van der Waals surface area contributed by atoms with E-state index in [-0.39, 0.29) is 17.7 Å². The first-order chi connectivity index (χ1) is 13.9. The molecule has 5 rings (SSSR count). The molecule has 8 nitrogen and oxygen atoms in total. The number of hydrogen-bond acceptors (Lipinski definition) is 4. The number of nitro groups is 1. The molecule has 3 aromatic rings. The summed E-state index contributed by atoms with van der Waals surface area (Å²) < 4.78 is 3.46. The van der Waals surface area contributed by atoms with E-state index in [0.717, 1.165) is 23.0 Å². The van der Waals surface area contributed by atoms with Crippen molar-refractivity contribution >= 4 is 22.5 Å². The van der Waals surface area contributed by atoms with Crippen LogP contribution in [0.1, 0.15) is 28.5 Å². The van der Waals surface area contributed by atoms with Crippen LogP contribution < -0.4 is 5.56 Å². The molecule has 8 heteroatoms. The largest absolute Gasteiger partial charge is 0.340 e. The van der Waals surface area contributed by atoms with Gasteiger partial charge in [-0.25, -0.2) is 0 Å². The predicted molar refractivity (Wildman–Crippen MR) is 107 cm³/mol. The number of aromatic nitrogens is 2. The summed E-state index contributed by atoms with van der Waals surface area (Å²) in [6, 6.07) is 12.8. The molecule has 0 N–H and O–H groups in total. The molecule has 0 saturated carbocycles. The van der Waals surface area contributed by atoms with Crippen LogP contribution in [0.5, 0.6) is 0 Å². The average Bonchev–Trinajstić information content (AvgIpc) is 3.04. The van der Waals surface area contributed by atoms with Gasteiger partial charge in [-0.15, -0.1) is 0 Å². The maximum absolute atomic E-state index is 13.3. The van der Waals surface area contributed by atoms with Crippen LogP contribution >= 0.6 is 0 Å². The van der Waals surface area contributed by atoms with Gasteiger partial charge >= 0.3 is 11.2 Å². The van der Waals surface area contributed by atoms with Gasteiger partial charge in [0.25, 0.3) is 5.91 Å². The normalized spacial score (nSPS) is 20.5. The summed E-state index contributed by atoms with van der Waals surface area (Å²) in [5.41, 5.74) is 1.50. The fraction of sp³-hybridized carbons (Fsp3) is 0.333. The Labute approximate surface area is 166 Å². The number of carbonyl (C=O) groups excluding carboxylic acids is 1. The number of amides is 1. The monoisotopic (exact) mass is 392 g/mol. The zero-order chi connectivity index (χ0) is 20.3. The third-order valence-electron chi connectivity index (χ3n) is 6.24. The van der Waals surface area contributed by atoms with Gasteiger partial charge in [0.05, 0.1) is 4.92 Å². The van der Waals surface area contributed by atoms with Gasteiger partial charge in [-0.05, 0) is 30.5 Å². The van der Waals surface area contributed by atoms with E-state index in [1.165, 1.54) is 10.6 Å². The summed E-state index contributed by atoms with van der Waals surface area (Å²) in [7, 11) is 1.90. The summed E-state index contributed by atoms with van der Waals surface area (Å²) in [5.74, 6) is 0.102. The second-order valence-corrected chi connectivity index (χ2v) is 7.97. The number of hydrogen-bond donors (Lipinski definition) is 0. The van der Waals surface area contributed by atoms with Gasteiger partial charge in [0.2, 0.25) is 0 Å². The van der Waals surface area contributed by atoms with Crippen molar-refractivity contribution in [1.82, 2.24) is 14.0 Å². The van der Waals surface area contributed by atoms with E-state index in [9.17, 15) is 19.7 Å². The third kappa shape index (κ3) is 2.66. The van der Waals surface area contributed by atoms with Crippen LogP contribution in [0.15, 0.2) is 47.3 Å². The molecule has 1 amide bonds. The first-order valence-electron chi connectivity index (χ1n) is 9.66. The van der Waals surface area contributed by atoms with Gasteiger partial charge in [0.1, 0.15) is 5.69 Å². The Bertz CT molecular complexity index is 1230. The third-order valence-corrected chi connectivity index (χ3v) is 6.24. The molecule has 4 heterocycles. The number of fused-ring (bicyclic) bond motifs is 5. The van der Waals surface area contributed by atoms with Gasteiger partial charge in [0.15, 0.2) is 0 Å². The van der Waals surface area contributed by atoms with Crippen molar-refractivity contribution in [3.63, 3.8) is 0 Å². The molecule has 2 bridgehead atoms. The Balaban J connectivity index is 1.48. The van der Waals surface area contributed by atoms with E-state index in [1.54, 1.807) is 6.07 Å². The number of para-hydroxylation sites is 1. The highest BCUT2D eigenvalue weighted by molar-refractivity contribution is 5.98. The molecule has 1 aromatic carbocycles. The Morgan fingerprint density at radius 1 is 1.14 bits per heavy atom. The van der Waals surface area contributed by atoms with Crippen molar-refractivity contribution in [2.24, 2.45) is 13.0 Å². The SMILES string of the molecule is Cn1c(C(=O)N2C[C@@H]3C[C@H](C2)c2ccc([N+](=O)[O-])c(=O)n2C3)cc2ccccc21. The zero-order valence-corrected chi connectivity index (χ0v) is 15.9. The highest BCUT2D eigenvalue weighted by atomic mass is 16.6. The number of aryl methyl sites for hydroxylation is 1. The van der Waals surface area contributed by atoms with Crippen molar-refractivity contribution < 1.29 is 9.72 Å². The topological polar surface area (TPSA) is 90.4 Å². The van der Waals surface area contributed by atoms with Crippen LogP contribution in [0, 0.1) is 16.0 Å². The van der Waals surface area contributed by atoms with Crippen LogP contribution in [0.2, 0.25) is 0 Å². The van der Waals surface area contributed by atoms with E-state index < -0.39 is 16.2 Å². The van der Waals surface area contributed by atoms with E-state index >= 15 is 0 Å². The number of benzene rings is 1. The molecule has 2 aliphatic rings. The number of nitrogens with zero attached hydrogens (tertiary/aromatic N) is 4. The summed E-state index contributed by atoms with van der Waals surface area (Å²) in [5, 5.41) is 12.1. The average molecular weight is 392 g/mol. The minimum Gasteiger partial charge on any atom is -0.340 e. The second-order valence-electron chi connectivity index (χ2n) is 7.97. The van der Waals surface area contributed by atoms with Crippen LogP contribution in [-0.2, 0) is 13.6 Å². The number of pyridine rings is 1. The molecular formula is C21H20N4O4. The Kier molecular flexibility index (Phi) is 3.84. The van der Waals surface area contributed by atoms with E-state index in [1.807, 2.05) is 46.8 Å². The first kappa shape index (κ1) is 17.7. The molecule has 1 fully saturated rings. The molecule has 29 heavy (non-hydrogen) atoms. The maximum atomic E-state index is 13.3. The minimum absolute atomic E-state index is 0.00892. The Morgan fingerprint density at radius 3 is 2.69 bits per heavy atom. The van der Waals surface area contributed by atoms with Gasteiger partial charge in [-0.3, -0.25) is 19.7 Å². The van der Waals surface area contributed by atoms with Crippen molar-refractivity contribution in [2.75, 3.05) is 13.1 Å². The van der Waals surface area contributed by atoms with Crippen molar-refractivity contribution in [2.45, 2.75) is 18.9 Å². The standard InChI is InChI=1S/C21H20N4O4/c1-22-16-5-3-2-4-14(16)9-19(22)20(26)23-10-13-8-15(12-23)17-6-7-18(25(28)29)21(27)24(17)11-13/h2-7,9,13,15H,8,10-12H2,1H3/t13-,15+/m0/s1. The molecule has 0 spiro atoms. The zero-order valence-electron chi connectivity index (χ0n) is 15.9. The van der Waals surface area contributed by atoms with Crippen molar-refractivity contribution in [1.29, 1.82) is 0 Å². The van der Waals surface area contributed by atoms with Crippen LogP contribution in [0.25, 0.3) is 10.9 Å². The van der Waals surface area contributed by atoms with E-state index in [2.05, 4.69) is 0 Å². The molecule has 0 radical (unpaired) electrons. The lowest BCUT2D eigenvalue weighted by Gasteiger charge is -2.42. The van der Waals surface area contributed by atoms with Crippen LogP contribution in [0.3, 0.4) is 0 Å². The number of carbonyl (C=O) groups is 1. The molecule has 2 atom stereocenters. The van der Waals surface area contributed by atoms with Crippen LogP contribution in [-0.4, -0.2) is 38.0 Å². The maximum Gasteiger partial charge on any atom is 0.334 e. The first-order valence-corrected chi connectivity index (χ1v) is 9.66. The highest BCUT2D eigenvalue weighted by Crippen LogP contribution is 2.36. The number of piperidine rings is 1. The lowest BCUT2D eigenvalue weighted by Crippen LogP contribution is -2.49. The molecule has 0 aliphatic carbocycles. The fourth-order valence-corrected chi connectivity index (χ4v) is 4.90. The van der Waals surface area contributed by atoms with Gasteiger partial charge in [0, 0.05) is 55.3 Å². The van der Waals surface area contributed by atoms with Crippen LogP contribution in [0.4, 0.5) is 5.69 Å². The molecule has 0 unspecified atom stereocenters. The molecule has 2 aliphatic heterocycles. The summed E-state index contributed by atoms with van der Waals surface area (Å²) in [4.78, 5) is 38.1. The number of likely N-dealkylation sites (tertiary alicyclic amines) is 1. The lowest BCUT2D eigenvalue weighted by molar-refractivity contribution is -0.386. The van der Waals surface area contributed by atoms with E-state index in [0.29, 0.717) is 25.3 Å². The smallest absolute Gasteiger partial charge is 0.334 e. The summed E-state index contributed by atoms with van der Waals surface area (Å²) in [6.45, 7) is 1.46. The molecule has 2 aromatic heterocycles. The highest BCUT2D eigenvalue weighted by Gasteiger charge is 2.38. The fourth-order valence-electron chi connectivity index (χ4n) is 4.90. The van der Waals surface area contributed by atoms with Crippen molar-refractivity contribution in [3.8, 4) is 0 Å². The van der Waals surface area contributed by atoms with Gasteiger partial charge in [-0.1, -0.05) is 18.2 Å². The molecule has 148 valence electrons. The molecule has 1 saturated heterocycles. The Morgan fingerprint density at radius 2 is 1.93 bits per heavy atom. The predicted octanol–water partition coefficient (Wildman–Crippen LogP) is 2.51.